The summed E-state index contributed by atoms with van der Waals surface area (Å²) >= 11 is 0. The van der Waals surface area contributed by atoms with Crippen LogP contribution in [0.1, 0.15) is 17.5 Å². The van der Waals surface area contributed by atoms with Crippen LogP contribution in [0.5, 0.6) is 0 Å². The molecule has 0 saturated carbocycles. The third-order valence-corrected chi connectivity index (χ3v) is 4.79. The quantitative estimate of drug-likeness (QED) is 0.856. The van der Waals surface area contributed by atoms with Gasteiger partial charge in [-0.05, 0) is 29.5 Å². The highest BCUT2D eigenvalue weighted by molar-refractivity contribution is 6.06. The number of nitrogens with two attached hydrogens (primary N) is 1. The number of carbonyl (C=O) groups is 1. The van der Waals surface area contributed by atoms with Gasteiger partial charge in [-0.2, -0.15) is 0 Å². The number of benzene rings is 1. The number of hydrogen-bond acceptors (Lipinski definition) is 5. The van der Waals surface area contributed by atoms with E-state index in [2.05, 4.69) is 27.1 Å². The number of aliphatic imine (C=N–C) groups is 1. The zero-order chi connectivity index (χ0) is 16.0. The molecular formula is C17H17N5O. The predicted octanol–water partition coefficient (Wildman–Crippen LogP) is 1.16. The molecule has 6 nitrogen and oxygen atoms in total. The van der Waals surface area contributed by atoms with E-state index >= 15 is 0 Å². The van der Waals surface area contributed by atoms with Crippen molar-refractivity contribution in [3.05, 3.63) is 48.0 Å². The molecule has 1 aliphatic carbocycles. The molecule has 0 saturated heterocycles. The van der Waals surface area contributed by atoms with Crippen LogP contribution in [0, 0.1) is 0 Å². The lowest BCUT2D eigenvalue weighted by Gasteiger charge is -2.31. The number of aromatic nitrogens is 2. The topological polar surface area (TPSA) is 84.5 Å². The van der Waals surface area contributed by atoms with Crippen LogP contribution in [0.15, 0.2) is 41.9 Å². The average molecular weight is 307 g/mol. The smallest absolute Gasteiger partial charge is 0.257 e. The van der Waals surface area contributed by atoms with Gasteiger partial charge < -0.3 is 5.73 Å². The molecule has 2 heterocycles. The normalized spacial score (nSPS) is 23.1. The summed E-state index contributed by atoms with van der Waals surface area (Å²) in [6.45, 7) is 0. The fourth-order valence-corrected chi connectivity index (χ4v) is 3.58. The number of fused-ring (bicyclic) bond motifs is 1. The Morgan fingerprint density at radius 3 is 2.74 bits per heavy atom. The van der Waals surface area contributed by atoms with Gasteiger partial charge in [0.25, 0.3) is 5.91 Å². The molecule has 2 aliphatic rings. The van der Waals surface area contributed by atoms with Gasteiger partial charge in [0.15, 0.2) is 5.96 Å². The third-order valence-electron chi connectivity index (χ3n) is 4.79. The lowest BCUT2D eigenvalue weighted by Crippen LogP contribution is -2.45. The van der Waals surface area contributed by atoms with Gasteiger partial charge in [-0.15, -0.1) is 0 Å². The summed E-state index contributed by atoms with van der Waals surface area (Å²) in [5, 5.41) is 0. The molecule has 2 N–H and O–H groups in total. The Morgan fingerprint density at radius 1 is 1.26 bits per heavy atom. The number of amides is 1. The van der Waals surface area contributed by atoms with Crippen LogP contribution in [-0.4, -0.2) is 39.3 Å². The fourth-order valence-electron chi connectivity index (χ4n) is 3.58. The minimum absolute atomic E-state index is 0.00547. The first-order chi connectivity index (χ1) is 11.1. The number of guanidine groups is 1. The largest absolute Gasteiger partial charge is 0.369 e. The molecule has 1 aromatic heterocycles. The van der Waals surface area contributed by atoms with Crippen LogP contribution in [0.3, 0.4) is 0 Å². The van der Waals surface area contributed by atoms with Crippen molar-refractivity contribution in [1.29, 1.82) is 0 Å². The molecule has 0 radical (unpaired) electrons. The van der Waals surface area contributed by atoms with Crippen molar-refractivity contribution in [3.63, 3.8) is 0 Å². The molecule has 0 bridgehead atoms. The summed E-state index contributed by atoms with van der Waals surface area (Å²) in [5.41, 5.74) is 9.67. The fraction of sp³-hybridized carbons (Fsp3) is 0.294. The highest BCUT2D eigenvalue weighted by Crippen LogP contribution is 2.39. The van der Waals surface area contributed by atoms with E-state index in [9.17, 15) is 4.79 Å². The molecule has 6 heteroatoms. The molecule has 4 rings (SSSR count). The minimum Gasteiger partial charge on any atom is -0.369 e. The van der Waals surface area contributed by atoms with E-state index in [1.54, 1.807) is 7.05 Å². The SMILES string of the molecule is CN1C(=O)C2(CCc3c(cccc3-c3cncnc3)C2)N=C1N. The first kappa shape index (κ1) is 13.9. The Kier molecular flexibility index (Phi) is 2.94. The highest BCUT2D eigenvalue weighted by Gasteiger charge is 2.48. The molecule has 116 valence electrons. The molecule has 23 heavy (non-hydrogen) atoms. The predicted molar refractivity (Wildman–Crippen MR) is 86.6 cm³/mol. The third kappa shape index (κ3) is 2.02. The van der Waals surface area contributed by atoms with Gasteiger partial charge in [0, 0.05) is 31.4 Å². The molecule has 1 amide bonds. The van der Waals surface area contributed by atoms with Crippen molar-refractivity contribution < 1.29 is 4.79 Å². The number of carbonyl (C=O) groups excluding carboxylic acids is 1. The van der Waals surface area contributed by atoms with Crippen molar-refractivity contribution >= 4 is 11.9 Å². The maximum atomic E-state index is 12.6. The minimum atomic E-state index is -0.725. The molecule has 1 aromatic carbocycles. The van der Waals surface area contributed by atoms with Crippen molar-refractivity contribution in [1.82, 2.24) is 14.9 Å². The lowest BCUT2D eigenvalue weighted by atomic mass is 9.76. The summed E-state index contributed by atoms with van der Waals surface area (Å²) in [6.07, 6.45) is 7.22. The number of nitrogens with zero attached hydrogens (tertiary/aromatic N) is 4. The van der Waals surface area contributed by atoms with Crippen LogP contribution in [0.4, 0.5) is 0 Å². The van der Waals surface area contributed by atoms with Crippen molar-refractivity contribution in [2.75, 3.05) is 7.05 Å². The highest BCUT2D eigenvalue weighted by atomic mass is 16.2. The first-order valence-corrected chi connectivity index (χ1v) is 7.60. The Hall–Kier alpha value is -2.76. The zero-order valence-corrected chi connectivity index (χ0v) is 12.9. The Bertz CT molecular complexity index is 817. The van der Waals surface area contributed by atoms with Gasteiger partial charge in [-0.3, -0.25) is 9.69 Å². The van der Waals surface area contributed by atoms with Crippen LogP contribution in [0.2, 0.25) is 0 Å². The van der Waals surface area contributed by atoms with E-state index in [1.807, 2.05) is 18.5 Å². The Balaban J connectivity index is 1.77. The Morgan fingerprint density at radius 2 is 2.04 bits per heavy atom. The summed E-state index contributed by atoms with van der Waals surface area (Å²) in [4.78, 5) is 26.7. The first-order valence-electron chi connectivity index (χ1n) is 7.60. The molecule has 2 aromatic rings. The Labute approximate surface area is 134 Å². The summed E-state index contributed by atoms with van der Waals surface area (Å²) < 4.78 is 0. The summed E-state index contributed by atoms with van der Waals surface area (Å²) in [7, 11) is 1.68. The van der Waals surface area contributed by atoms with Crippen LogP contribution in [0.25, 0.3) is 11.1 Å². The molecule has 1 atom stereocenters. The van der Waals surface area contributed by atoms with E-state index in [-0.39, 0.29) is 5.91 Å². The zero-order valence-electron chi connectivity index (χ0n) is 12.9. The van der Waals surface area contributed by atoms with Crippen molar-refractivity contribution in [2.24, 2.45) is 10.7 Å². The van der Waals surface area contributed by atoms with Gasteiger partial charge in [-0.25, -0.2) is 15.0 Å². The standard InChI is InChI=1S/C17H17N5O/c1-22-15(23)17(21-16(22)18)6-5-14-11(7-17)3-2-4-13(14)12-8-19-10-20-9-12/h2-4,8-10H,5-7H2,1H3,(H2,18,21). The molecule has 1 aliphatic heterocycles. The van der Waals surface area contributed by atoms with Gasteiger partial charge in [-0.1, -0.05) is 18.2 Å². The molecular weight excluding hydrogens is 290 g/mol. The van der Waals surface area contributed by atoms with E-state index in [4.69, 9.17) is 5.73 Å². The van der Waals surface area contributed by atoms with Gasteiger partial charge in [0.1, 0.15) is 11.9 Å². The average Bonchev–Trinajstić information content (AvgIpc) is 2.79. The van der Waals surface area contributed by atoms with E-state index < -0.39 is 5.54 Å². The van der Waals surface area contributed by atoms with Crippen molar-refractivity contribution in [2.45, 2.75) is 24.8 Å². The molecule has 0 fully saturated rings. The maximum absolute atomic E-state index is 12.6. The summed E-state index contributed by atoms with van der Waals surface area (Å²) in [5.74, 6) is 0.306. The van der Waals surface area contributed by atoms with E-state index in [0.29, 0.717) is 18.8 Å². The number of rotatable bonds is 1. The van der Waals surface area contributed by atoms with Gasteiger partial charge in [0.05, 0.1) is 0 Å². The van der Waals surface area contributed by atoms with Crippen LogP contribution >= 0.6 is 0 Å². The van der Waals surface area contributed by atoms with E-state index in [0.717, 1.165) is 23.1 Å². The lowest BCUT2D eigenvalue weighted by molar-refractivity contribution is -0.130. The molecule has 1 spiro atoms. The van der Waals surface area contributed by atoms with Gasteiger partial charge in [0.2, 0.25) is 0 Å². The van der Waals surface area contributed by atoms with Gasteiger partial charge >= 0.3 is 0 Å². The van der Waals surface area contributed by atoms with E-state index in [1.165, 1.54) is 16.8 Å². The maximum Gasteiger partial charge on any atom is 0.257 e. The second-order valence-corrected chi connectivity index (χ2v) is 6.11. The van der Waals surface area contributed by atoms with Crippen LogP contribution < -0.4 is 5.73 Å². The number of hydrogen-bond donors (Lipinski definition) is 1. The molecule has 1 unspecified atom stereocenters. The van der Waals surface area contributed by atoms with Crippen LogP contribution in [-0.2, 0) is 17.6 Å². The second-order valence-electron chi connectivity index (χ2n) is 6.11. The number of likely N-dealkylation sites (N-methyl/N-ethyl adjacent to an activating group) is 1. The summed E-state index contributed by atoms with van der Waals surface area (Å²) in [6, 6.07) is 6.16. The monoisotopic (exact) mass is 307 g/mol. The van der Waals surface area contributed by atoms with Crippen molar-refractivity contribution in [3.8, 4) is 11.1 Å². The second kappa shape index (κ2) is 4.87.